The van der Waals surface area contributed by atoms with Crippen LogP contribution in [0.15, 0.2) is 49.1 Å². The number of rotatable bonds is 7. The zero-order chi connectivity index (χ0) is 27.6. The van der Waals surface area contributed by atoms with Crippen molar-refractivity contribution < 1.29 is 14.3 Å². The van der Waals surface area contributed by atoms with Crippen LogP contribution >= 0.6 is 11.6 Å². The predicted octanol–water partition coefficient (Wildman–Crippen LogP) is 5.49. The molecule has 2 saturated heterocycles. The first-order valence-corrected chi connectivity index (χ1v) is 14.0. The molecule has 1 aromatic carbocycles. The summed E-state index contributed by atoms with van der Waals surface area (Å²) in [5, 5.41) is 8.10. The molecule has 1 spiro atoms. The fourth-order valence-corrected chi connectivity index (χ4v) is 5.85. The lowest BCUT2D eigenvalue weighted by Gasteiger charge is -2.39. The second kappa shape index (κ2) is 11.0. The van der Waals surface area contributed by atoms with Gasteiger partial charge in [-0.05, 0) is 57.6 Å². The van der Waals surface area contributed by atoms with Gasteiger partial charge in [-0.3, -0.25) is 19.3 Å². The second-order valence-electron chi connectivity index (χ2n) is 11.6. The molecule has 2 aliphatic rings. The summed E-state index contributed by atoms with van der Waals surface area (Å²) in [5.41, 5.74) is 4.38. The molecule has 9 heteroatoms. The van der Waals surface area contributed by atoms with Crippen molar-refractivity contribution in [1.29, 1.82) is 0 Å². The average molecular weight is 550 g/mol. The van der Waals surface area contributed by atoms with Crippen molar-refractivity contribution in [2.75, 3.05) is 24.5 Å². The summed E-state index contributed by atoms with van der Waals surface area (Å²) >= 11 is 6.69. The number of hydrogen-bond donors (Lipinski definition) is 1. The van der Waals surface area contributed by atoms with Gasteiger partial charge in [-0.15, -0.1) is 0 Å². The third-order valence-corrected chi connectivity index (χ3v) is 7.91. The van der Waals surface area contributed by atoms with E-state index >= 15 is 0 Å². The molecule has 1 N–H and O–H groups in total. The van der Waals surface area contributed by atoms with E-state index < -0.39 is 5.60 Å². The number of carbonyl (C=O) groups is 2. The number of benzene rings is 1. The van der Waals surface area contributed by atoms with Crippen molar-refractivity contribution in [1.82, 2.24) is 20.1 Å². The summed E-state index contributed by atoms with van der Waals surface area (Å²) in [6.45, 7) is 8.62. The Bertz CT molecular complexity index is 1340. The molecule has 0 radical (unpaired) electrons. The van der Waals surface area contributed by atoms with Crippen LogP contribution in [0.3, 0.4) is 0 Å². The Kier molecular flexibility index (Phi) is 7.67. The van der Waals surface area contributed by atoms with Crippen LogP contribution in [-0.4, -0.2) is 51.9 Å². The molecule has 1 amide bonds. The zero-order valence-electron chi connectivity index (χ0n) is 22.9. The number of piperidine rings is 1. The molecule has 0 atom stereocenters. The Morgan fingerprint density at radius 3 is 2.44 bits per heavy atom. The van der Waals surface area contributed by atoms with E-state index in [1.807, 2.05) is 44.0 Å². The quantitative estimate of drug-likeness (QED) is 0.392. The lowest BCUT2D eigenvalue weighted by atomic mass is 9.77. The monoisotopic (exact) mass is 549 g/mol. The first-order valence-electron chi connectivity index (χ1n) is 13.7. The fraction of sp³-hybridized carbons (Fsp3) is 0.467. The van der Waals surface area contributed by atoms with Crippen LogP contribution in [0.2, 0.25) is 5.02 Å². The predicted molar refractivity (Wildman–Crippen MR) is 152 cm³/mol. The lowest BCUT2D eigenvalue weighted by Crippen LogP contribution is -2.44. The first-order chi connectivity index (χ1) is 18.6. The van der Waals surface area contributed by atoms with Gasteiger partial charge in [0.1, 0.15) is 5.60 Å². The highest BCUT2D eigenvalue weighted by Gasteiger charge is 2.44. The standard InChI is InChI=1S/C30H36ClN5O3/c1-29(2,3)39-26(37)5-4-14-36-20-23(17-34-36)21-6-8-22(9-7-21)24-18-32-19-25(31)27(24)35-15-11-30(12-16-35)10-13-33-28(30)38/h6-9,17-20H,4-5,10-16H2,1-3H3,(H,33,38). The topological polar surface area (TPSA) is 89.4 Å². The van der Waals surface area contributed by atoms with E-state index in [1.54, 1.807) is 6.20 Å². The van der Waals surface area contributed by atoms with E-state index in [2.05, 4.69) is 44.6 Å². The van der Waals surface area contributed by atoms with Gasteiger partial charge in [0.05, 0.1) is 22.3 Å². The van der Waals surface area contributed by atoms with Crippen LogP contribution in [0.4, 0.5) is 5.69 Å². The number of amides is 1. The summed E-state index contributed by atoms with van der Waals surface area (Å²) in [6.07, 6.45) is 11.0. The number of aryl methyl sites for hydroxylation is 1. The summed E-state index contributed by atoms with van der Waals surface area (Å²) in [7, 11) is 0. The first kappa shape index (κ1) is 27.2. The molecule has 5 rings (SSSR count). The van der Waals surface area contributed by atoms with Crippen molar-refractivity contribution in [3.63, 3.8) is 0 Å². The third-order valence-electron chi connectivity index (χ3n) is 7.63. The Morgan fingerprint density at radius 1 is 1.05 bits per heavy atom. The Labute approximate surface area is 234 Å². The van der Waals surface area contributed by atoms with Gasteiger partial charge in [0.2, 0.25) is 5.91 Å². The molecular formula is C30H36ClN5O3. The molecule has 0 unspecified atom stereocenters. The highest BCUT2D eigenvalue weighted by molar-refractivity contribution is 6.33. The summed E-state index contributed by atoms with van der Waals surface area (Å²) in [6, 6.07) is 8.33. The number of halogens is 1. The van der Waals surface area contributed by atoms with Gasteiger partial charge >= 0.3 is 5.97 Å². The summed E-state index contributed by atoms with van der Waals surface area (Å²) in [4.78, 5) is 31.1. The maximum absolute atomic E-state index is 12.4. The molecule has 2 aromatic heterocycles. The number of pyridine rings is 1. The number of esters is 1. The van der Waals surface area contributed by atoms with Gasteiger partial charge in [-0.2, -0.15) is 5.10 Å². The molecule has 206 valence electrons. The number of aromatic nitrogens is 3. The van der Waals surface area contributed by atoms with Crippen LogP contribution in [0.25, 0.3) is 22.3 Å². The van der Waals surface area contributed by atoms with Crippen molar-refractivity contribution in [3.05, 3.63) is 54.1 Å². The molecule has 8 nitrogen and oxygen atoms in total. The van der Waals surface area contributed by atoms with E-state index in [0.29, 0.717) is 24.4 Å². The van der Waals surface area contributed by atoms with Crippen molar-refractivity contribution >= 4 is 29.2 Å². The van der Waals surface area contributed by atoms with Crippen molar-refractivity contribution in [2.45, 2.75) is 65.0 Å². The SMILES string of the molecule is CC(C)(C)OC(=O)CCCn1cc(-c2ccc(-c3cncc(Cl)c3N3CCC4(CCNC4=O)CC3)cc2)cn1. The molecular weight excluding hydrogens is 514 g/mol. The lowest BCUT2D eigenvalue weighted by molar-refractivity contribution is -0.155. The molecule has 4 heterocycles. The van der Waals surface area contributed by atoms with E-state index in [0.717, 1.165) is 66.8 Å². The minimum atomic E-state index is -0.464. The van der Waals surface area contributed by atoms with Gasteiger partial charge in [0.15, 0.2) is 0 Å². The van der Waals surface area contributed by atoms with Crippen LogP contribution in [0.5, 0.6) is 0 Å². The smallest absolute Gasteiger partial charge is 0.306 e. The van der Waals surface area contributed by atoms with E-state index in [9.17, 15) is 9.59 Å². The van der Waals surface area contributed by atoms with Crippen molar-refractivity contribution in [2.24, 2.45) is 5.41 Å². The Balaban J connectivity index is 1.25. The molecule has 2 aliphatic heterocycles. The average Bonchev–Trinajstić information content (AvgIpc) is 3.51. The highest BCUT2D eigenvalue weighted by atomic mass is 35.5. The Morgan fingerprint density at radius 2 is 1.77 bits per heavy atom. The maximum atomic E-state index is 12.4. The fourth-order valence-electron chi connectivity index (χ4n) is 5.57. The second-order valence-corrected chi connectivity index (χ2v) is 12.0. The van der Waals surface area contributed by atoms with Crippen LogP contribution in [0, 0.1) is 5.41 Å². The van der Waals surface area contributed by atoms with Gasteiger partial charge in [-0.1, -0.05) is 35.9 Å². The third kappa shape index (κ3) is 6.11. The summed E-state index contributed by atoms with van der Waals surface area (Å²) in [5.74, 6) is 0.0126. The number of nitrogens with zero attached hydrogens (tertiary/aromatic N) is 4. The number of hydrogen-bond acceptors (Lipinski definition) is 6. The minimum Gasteiger partial charge on any atom is -0.460 e. The molecule has 2 fully saturated rings. The number of nitrogens with one attached hydrogen (secondary N) is 1. The van der Waals surface area contributed by atoms with E-state index in [-0.39, 0.29) is 17.3 Å². The van der Waals surface area contributed by atoms with Gasteiger partial charge in [0, 0.05) is 62.3 Å². The molecule has 3 aromatic rings. The van der Waals surface area contributed by atoms with Crippen LogP contribution < -0.4 is 10.2 Å². The van der Waals surface area contributed by atoms with Gasteiger partial charge in [0.25, 0.3) is 0 Å². The number of ether oxygens (including phenoxy) is 1. The van der Waals surface area contributed by atoms with Gasteiger partial charge < -0.3 is 15.0 Å². The highest BCUT2D eigenvalue weighted by Crippen LogP contribution is 2.43. The normalized spacial score (nSPS) is 16.9. The van der Waals surface area contributed by atoms with Crippen LogP contribution in [-0.2, 0) is 20.9 Å². The number of anilines is 1. The van der Waals surface area contributed by atoms with E-state index in [4.69, 9.17) is 16.3 Å². The van der Waals surface area contributed by atoms with Crippen LogP contribution in [0.1, 0.15) is 52.9 Å². The Hall–Kier alpha value is -3.39. The zero-order valence-corrected chi connectivity index (χ0v) is 23.6. The van der Waals surface area contributed by atoms with Crippen molar-refractivity contribution in [3.8, 4) is 22.3 Å². The summed E-state index contributed by atoms with van der Waals surface area (Å²) < 4.78 is 7.24. The van der Waals surface area contributed by atoms with E-state index in [1.165, 1.54) is 0 Å². The largest absolute Gasteiger partial charge is 0.460 e. The maximum Gasteiger partial charge on any atom is 0.306 e. The molecule has 0 aliphatic carbocycles. The minimum absolute atomic E-state index is 0.187. The molecule has 0 saturated carbocycles. The molecule has 0 bridgehead atoms. The number of carbonyl (C=O) groups excluding carboxylic acids is 2. The van der Waals surface area contributed by atoms with Gasteiger partial charge in [-0.25, -0.2) is 0 Å². The molecule has 39 heavy (non-hydrogen) atoms.